The molecule has 2 rings (SSSR count). The lowest BCUT2D eigenvalue weighted by Crippen LogP contribution is -2.14. The summed E-state index contributed by atoms with van der Waals surface area (Å²) in [5.74, 6) is 0.969. The standard InChI is InChI=1S/C20H24N2O6/c1-5-27-19(23)21-15-9-7-13(11-17(15)25-3)14-8-10-16(18(12-14)26-4)22-20(24)28-6-2/h7-12H,5-6H2,1-4H3,(H,21,23)(H,22,24). The lowest BCUT2D eigenvalue weighted by atomic mass is 10.0. The number of rotatable bonds is 7. The molecule has 8 nitrogen and oxygen atoms in total. The van der Waals surface area contributed by atoms with Gasteiger partial charge in [-0.05, 0) is 49.2 Å². The maximum atomic E-state index is 11.6. The first kappa shape index (κ1) is 20.9. The normalized spacial score (nSPS) is 10.0. The molecule has 0 bridgehead atoms. The minimum atomic E-state index is -0.551. The van der Waals surface area contributed by atoms with Crippen molar-refractivity contribution in [3.05, 3.63) is 36.4 Å². The van der Waals surface area contributed by atoms with Crippen molar-refractivity contribution in [3.63, 3.8) is 0 Å². The predicted molar refractivity (Wildman–Crippen MR) is 106 cm³/mol. The number of carbonyl (C=O) groups excluding carboxylic acids is 2. The summed E-state index contributed by atoms with van der Waals surface area (Å²) in [5, 5.41) is 5.27. The minimum Gasteiger partial charge on any atom is -0.495 e. The van der Waals surface area contributed by atoms with E-state index in [-0.39, 0.29) is 13.2 Å². The molecule has 0 aliphatic carbocycles. The summed E-state index contributed by atoms with van der Waals surface area (Å²) in [6.07, 6.45) is -1.10. The summed E-state index contributed by atoms with van der Waals surface area (Å²) in [6, 6.07) is 10.7. The Morgan fingerprint density at radius 2 is 1.14 bits per heavy atom. The maximum absolute atomic E-state index is 11.6. The van der Waals surface area contributed by atoms with Gasteiger partial charge in [0.2, 0.25) is 0 Å². The molecule has 2 N–H and O–H groups in total. The fourth-order valence-corrected chi connectivity index (χ4v) is 2.50. The molecule has 0 unspecified atom stereocenters. The predicted octanol–water partition coefficient (Wildman–Crippen LogP) is 4.51. The van der Waals surface area contributed by atoms with Crippen LogP contribution in [0.5, 0.6) is 11.5 Å². The Morgan fingerprint density at radius 3 is 1.46 bits per heavy atom. The van der Waals surface area contributed by atoms with Gasteiger partial charge < -0.3 is 18.9 Å². The summed E-state index contributed by atoms with van der Waals surface area (Å²) in [5.41, 5.74) is 2.68. The Hall–Kier alpha value is -3.42. The number of ether oxygens (including phenoxy) is 4. The highest BCUT2D eigenvalue weighted by atomic mass is 16.6. The Balaban J connectivity index is 2.29. The van der Waals surface area contributed by atoms with E-state index in [0.717, 1.165) is 11.1 Å². The number of hydrogen-bond donors (Lipinski definition) is 2. The molecule has 0 fully saturated rings. The Bertz CT molecular complexity index is 768. The highest BCUT2D eigenvalue weighted by molar-refractivity contribution is 5.89. The average molecular weight is 388 g/mol. The van der Waals surface area contributed by atoms with Gasteiger partial charge in [0.1, 0.15) is 11.5 Å². The van der Waals surface area contributed by atoms with Crippen molar-refractivity contribution < 1.29 is 28.5 Å². The average Bonchev–Trinajstić information content (AvgIpc) is 2.69. The molecule has 0 aromatic heterocycles. The number of anilines is 2. The number of methoxy groups -OCH3 is 2. The first-order valence-corrected chi connectivity index (χ1v) is 8.76. The molecule has 0 saturated heterocycles. The van der Waals surface area contributed by atoms with Gasteiger partial charge in [-0.1, -0.05) is 12.1 Å². The van der Waals surface area contributed by atoms with Gasteiger partial charge in [0.15, 0.2) is 0 Å². The third kappa shape index (κ3) is 5.29. The summed E-state index contributed by atoms with van der Waals surface area (Å²) in [7, 11) is 3.03. The molecule has 0 aliphatic heterocycles. The lowest BCUT2D eigenvalue weighted by Gasteiger charge is -2.14. The van der Waals surface area contributed by atoms with E-state index in [0.29, 0.717) is 22.9 Å². The van der Waals surface area contributed by atoms with Crippen LogP contribution in [0.1, 0.15) is 13.8 Å². The van der Waals surface area contributed by atoms with Gasteiger partial charge in [-0.15, -0.1) is 0 Å². The van der Waals surface area contributed by atoms with Gasteiger partial charge >= 0.3 is 12.2 Å². The largest absolute Gasteiger partial charge is 0.495 e. The summed E-state index contributed by atoms with van der Waals surface area (Å²) in [4.78, 5) is 23.3. The smallest absolute Gasteiger partial charge is 0.411 e. The van der Waals surface area contributed by atoms with Gasteiger partial charge in [-0.2, -0.15) is 0 Å². The van der Waals surface area contributed by atoms with Crippen LogP contribution in [0.15, 0.2) is 36.4 Å². The van der Waals surface area contributed by atoms with Gasteiger partial charge in [-0.25, -0.2) is 9.59 Å². The van der Waals surface area contributed by atoms with Crippen LogP contribution in [0.2, 0.25) is 0 Å². The third-order valence-electron chi connectivity index (χ3n) is 3.76. The monoisotopic (exact) mass is 388 g/mol. The third-order valence-corrected chi connectivity index (χ3v) is 3.76. The molecule has 2 amide bonds. The fraction of sp³-hybridized carbons (Fsp3) is 0.300. The molecule has 28 heavy (non-hydrogen) atoms. The van der Waals surface area contributed by atoms with E-state index in [1.165, 1.54) is 14.2 Å². The Morgan fingerprint density at radius 1 is 0.750 bits per heavy atom. The van der Waals surface area contributed by atoms with E-state index in [1.54, 1.807) is 38.1 Å². The molecular weight excluding hydrogens is 364 g/mol. The molecular formula is C20H24N2O6. The SMILES string of the molecule is CCOC(=O)Nc1ccc(-c2ccc(NC(=O)OCC)c(OC)c2)cc1OC. The zero-order valence-corrected chi connectivity index (χ0v) is 16.3. The second-order valence-corrected chi connectivity index (χ2v) is 5.52. The van der Waals surface area contributed by atoms with Crippen LogP contribution in [-0.2, 0) is 9.47 Å². The molecule has 0 aliphatic rings. The maximum Gasteiger partial charge on any atom is 0.411 e. The molecule has 8 heteroatoms. The lowest BCUT2D eigenvalue weighted by molar-refractivity contribution is 0.167. The quantitative estimate of drug-likeness (QED) is 0.725. The second kappa shape index (κ2) is 10.1. The molecule has 150 valence electrons. The van der Waals surface area contributed by atoms with Crippen LogP contribution in [0.25, 0.3) is 11.1 Å². The second-order valence-electron chi connectivity index (χ2n) is 5.52. The molecule has 0 saturated carbocycles. The van der Waals surface area contributed by atoms with Crippen LogP contribution in [0.3, 0.4) is 0 Å². The zero-order valence-electron chi connectivity index (χ0n) is 16.3. The van der Waals surface area contributed by atoms with Crippen LogP contribution in [0.4, 0.5) is 21.0 Å². The van der Waals surface area contributed by atoms with E-state index < -0.39 is 12.2 Å². The van der Waals surface area contributed by atoms with Crippen molar-refractivity contribution in [2.45, 2.75) is 13.8 Å². The Kier molecular flexibility index (Phi) is 7.50. The molecule has 0 atom stereocenters. The molecule has 0 radical (unpaired) electrons. The van der Waals surface area contributed by atoms with E-state index in [2.05, 4.69) is 10.6 Å². The van der Waals surface area contributed by atoms with E-state index in [4.69, 9.17) is 18.9 Å². The van der Waals surface area contributed by atoms with Crippen LogP contribution < -0.4 is 20.1 Å². The molecule has 2 aromatic rings. The number of amides is 2. The van der Waals surface area contributed by atoms with E-state index in [1.807, 2.05) is 12.1 Å². The topological polar surface area (TPSA) is 95.1 Å². The molecule has 2 aromatic carbocycles. The van der Waals surface area contributed by atoms with Gasteiger partial charge in [0, 0.05) is 0 Å². The highest BCUT2D eigenvalue weighted by Crippen LogP contribution is 2.35. The van der Waals surface area contributed by atoms with Crippen molar-refractivity contribution in [1.29, 1.82) is 0 Å². The summed E-state index contributed by atoms with van der Waals surface area (Å²) in [6.45, 7) is 4.01. The first-order valence-electron chi connectivity index (χ1n) is 8.76. The zero-order chi connectivity index (χ0) is 20.5. The van der Waals surface area contributed by atoms with Crippen LogP contribution in [0, 0.1) is 0 Å². The van der Waals surface area contributed by atoms with Crippen molar-refractivity contribution in [3.8, 4) is 22.6 Å². The van der Waals surface area contributed by atoms with E-state index in [9.17, 15) is 9.59 Å². The first-order chi connectivity index (χ1) is 13.5. The Labute approximate surface area is 163 Å². The highest BCUT2D eigenvalue weighted by Gasteiger charge is 2.13. The van der Waals surface area contributed by atoms with Crippen molar-refractivity contribution in [2.75, 3.05) is 38.1 Å². The van der Waals surface area contributed by atoms with Crippen molar-refractivity contribution in [1.82, 2.24) is 0 Å². The van der Waals surface area contributed by atoms with Crippen LogP contribution >= 0.6 is 0 Å². The molecule has 0 heterocycles. The number of carbonyl (C=O) groups is 2. The van der Waals surface area contributed by atoms with Crippen LogP contribution in [-0.4, -0.2) is 39.6 Å². The number of nitrogens with one attached hydrogen (secondary N) is 2. The minimum absolute atomic E-state index is 0.276. The van der Waals surface area contributed by atoms with Gasteiger partial charge in [-0.3, -0.25) is 10.6 Å². The fourth-order valence-electron chi connectivity index (χ4n) is 2.50. The van der Waals surface area contributed by atoms with Gasteiger partial charge in [0.25, 0.3) is 0 Å². The van der Waals surface area contributed by atoms with Crippen molar-refractivity contribution in [2.24, 2.45) is 0 Å². The number of hydrogen-bond acceptors (Lipinski definition) is 6. The summed E-state index contributed by atoms with van der Waals surface area (Å²) >= 11 is 0. The van der Waals surface area contributed by atoms with Gasteiger partial charge in [0.05, 0.1) is 38.8 Å². The molecule has 0 spiro atoms. The van der Waals surface area contributed by atoms with E-state index >= 15 is 0 Å². The summed E-state index contributed by atoms with van der Waals surface area (Å²) < 4.78 is 20.5. The van der Waals surface area contributed by atoms with Crippen molar-refractivity contribution >= 4 is 23.6 Å². The number of benzene rings is 2.